The molecule has 0 saturated carbocycles. The number of tetrazole rings is 1. The number of carbonyl (C=O) groups is 1. The standard InChI is InChI=1S/C16H14BrN9O/c1-8-11-6-19-14(15-20-23-24-21-15)10(11)2-3-25(8)16(27)12-4-13-18-5-9(17)7-26(13)22-12/h4-8,19H,2-3H2,1H3,(H,20,21,23,24). The Balaban J connectivity index is 1.47. The van der Waals surface area contributed by atoms with Crippen LogP contribution in [0.5, 0.6) is 0 Å². The Hall–Kier alpha value is -3.08. The van der Waals surface area contributed by atoms with Crippen LogP contribution in [-0.4, -0.2) is 57.6 Å². The van der Waals surface area contributed by atoms with Crippen molar-refractivity contribution in [2.45, 2.75) is 19.4 Å². The molecule has 0 radical (unpaired) electrons. The lowest BCUT2D eigenvalue weighted by Gasteiger charge is -2.33. The van der Waals surface area contributed by atoms with Crippen LogP contribution in [0.15, 0.2) is 29.1 Å². The van der Waals surface area contributed by atoms with Crippen molar-refractivity contribution in [3.8, 4) is 11.5 Å². The largest absolute Gasteiger partial charge is 0.358 e. The molecule has 11 heteroatoms. The molecule has 136 valence electrons. The molecule has 4 aromatic heterocycles. The summed E-state index contributed by atoms with van der Waals surface area (Å²) in [5.74, 6) is 0.485. The van der Waals surface area contributed by atoms with Crippen molar-refractivity contribution in [2.75, 3.05) is 6.54 Å². The molecular weight excluding hydrogens is 414 g/mol. The van der Waals surface area contributed by atoms with Crippen molar-refractivity contribution in [3.63, 3.8) is 0 Å². The van der Waals surface area contributed by atoms with Gasteiger partial charge in [-0.15, -0.1) is 5.10 Å². The van der Waals surface area contributed by atoms with Crippen LogP contribution in [0.25, 0.3) is 17.2 Å². The van der Waals surface area contributed by atoms with E-state index < -0.39 is 0 Å². The van der Waals surface area contributed by atoms with E-state index in [1.54, 1.807) is 23.0 Å². The minimum Gasteiger partial charge on any atom is -0.358 e. The molecule has 5 rings (SSSR count). The van der Waals surface area contributed by atoms with Crippen molar-refractivity contribution < 1.29 is 4.79 Å². The molecule has 0 aliphatic carbocycles. The molecule has 0 fully saturated rings. The van der Waals surface area contributed by atoms with E-state index in [4.69, 9.17) is 0 Å². The minimum atomic E-state index is -0.112. The summed E-state index contributed by atoms with van der Waals surface area (Å²) in [5.41, 5.74) is 4.08. The average Bonchev–Trinajstić information content (AvgIpc) is 3.39. The third kappa shape index (κ3) is 2.53. The molecule has 0 bridgehead atoms. The van der Waals surface area contributed by atoms with Crippen molar-refractivity contribution >= 4 is 27.5 Å². The molecule has 0 saturated heterocycles. The number of hydrogen-bond acceptors (Lipinski definition) is 6. The summed E-state index contributed by atoms with van der Waals surface area (Å²) in [6.07, 6.45) is 6.09. The van der Waals surface area contributed by atoms with Crippen LogP contribution < -0.4 is 0 Å². The maximum absolute atomic E-state index is 13.1. The van der Waals surface area contributed by atoms with Gasteiger partial charge in [-0.05, 0) is 50.8 Å². The predicted molar refractivity (Wildman–Crippen MR) is 97.8 cm³/mol. The fourth-order valence-corrected chi connectivity index (χ4v) is 3.86. The van der Waals surface area contributed by atoms with Crippen LogP contribution in [0.2, 0.25) is 0 Å². The second-order valence-electron chi connectivity index (χ2n) is 6.38. The lowest BCUT2D eigenvalue weighted by molar-refractivity contribution is 0.0672. The first-order valence-electron chi connectivity index (χ1n) is 8.38. The van der Waals surface area contributed by atoms with E-state index in [1.165, 1.54) is 0 Å². The summed E-state index contributed by atoms with van der Waals surface area (Å²) in [4.78, 5) is 22.4. The van der Waals surface area contributed by atoms with E-state index >= 15 is 0 Å². The number of H-pyrrole nitrogens is 2. The lowest BCUT2D eigenvalue weighted by atomic mass is 9.95. The number of halogens is 1. The minimum absolute atomic E-state index is 0.0911. The smallest absolute Gasteiger partial charge is 0.274 e. The number of fused-ring (bicyclic) bond motifs is 2. The van der Waals surface area contributed by atoms with Crippen LogP contribution >= 0.6 is 15.9 Å². The van der Waals surface area contributed by atoms with E-state index in [0.717, 1.165) is 21.3 Å². The summed E-state index contributed by atoms with van der Waals surface area (Å²) < 4.78 is 2.40. The van der Waals surface area contributed by atoms with Crippen LogP contribution in [0.3, 0.4) is 0 Å². The van der Waals surface area contributed by atoms with Gasteiger partial charge in [-0.25, -0.2) is 14.6 Å². The van der Waals surface area contributed by atoms with Gasteiger partial charge in [0.25, 0.3) is 5.91 Å². The van der Waals surface area contributed by atoms with Gasteiger partial charge in [0.2, 0.25) is 0 Å². The van der Waals surface area contributed by atoms with Gasteiger partial charge in [0.1, 0.15) is 0 Å². The number of nitrogens with zero attached hydrogens (tertiary/aromatic N) is 7. The molecule has 0 spiro atoms. The highest BCUT2D eigenvalue weighted by atomic mass is 79.9. The SMILES string of the molecule is CC1c2c[nH]c(-c3nnn[nH]3)c2CCN1C(=O)c1cc2ncc(Br)cn2n1. The molecule has 10 nitrogen and oxygen atoms in total. The number of amides is 1. The Labute approximate surface area is 161 Å². The van der Waals surface area contributed by atoms with Gasteiger partial charge in [0.15, 0.2) is 17.2 Å². The van der Waals surface area contributed by atoms with Gasteiger partial charge >= 0.3 is 0 Å². The zero-order chi connectivity index (χ0) is 18.5. The van der Waals surface area contributed by atoms with E-state index in [1.807, 2.05) is 18.0 Å². The Bertz CT molecular complexity index is 1150. The zero-order valence-electron chi connectivity index (χ0n) is 14.2. The highest BCUT2D eigenvalue weighted by Gasteiger charge is 2.32. The summed E-state index contributed by atoms with van der Waals surface area (Å²) >= 11 is 3.36. The highest BCUT2D eigenvalue weighted by molar-refractivity contribution is 9.10. The number of aromatic nitrogens is 8. The van der Waals surface area contributed by atoms with E-state index in [-0.39, 0.29) is 11.9 Å². The average molecular weight is 428 g/mol. The molecule has 1 atom stereocenters. The number of hydrogen-bond donors (Lipinski definition) is 2. The zero-order valence-corrected chi connectivity index (χ0v) is 15.8. The molecule has 1 unspecified atom stereocenters. The monoisotopic (exact) mass is 427 g/mol. The predicted octanol–water partition coefficient (Wildman–Crippen LogP) is 1.76. The van der Waals surface area contributed by atoms with E-state index in [0.29, 0.717) is 30.1 Å². The van der Waals surface area contributed by atoms with Crippen molar-refractivity contribution in [3.05, 3.63) is 46.0 Å². The molecular formula is C16H14BrN9O. The van der Waals surface area contributed by atoms with Gasteiger partial charge in [-0.3, -0.25) is 4.79 Å². The molecule has 5 heterocycles. The number of carbonyl (C=O) groups excluding carboxylic acids is 1. The molecule has 1 aliphatic rings. The van der Waals surface area contributed by atoms with Crippen molar-refractivity contribution in [2.24, 2.45) is 0 Å². The first kappa shape index (κ1) is 16.1. The number of aromatic amines is 2. The molecule has 0 aromatic carbocycles. The van der Waals surface area contributed by atoms with Crippen LogP contribution in [0, 0.1) is 0 Å². The van der Waals surface area contributed by atoms with Gasteiger partial charge in [0.05, 0.1) is 16.2 Å². The molecule has 2 N–H and O–H groups in total. The first-order valence-corrected chi connectivity index (χ1v) is 9.17. The van der Waals surface area contributed by atoms with Gasteiger partial charge in [-0.1, -0.05) is 0 Å². The summed E-state index contributed by atoms with van der Waals surface area (Å²) in [6, 6.07) is 1.62. The Kier molecular flexibility index (Phi) is 3.57. The summed E-state index contributed by atoms with van der Waals surface area (Å²) in [5, 5.41) is 18.4. The second-order valence-corrected chi connectivity index (χ2v) is 7.29. The molecule has 1 aliphatic heterocycles. The number of rotatable bonds is 2. The van der Waals surface area contributed by atoms with Gasteiger partial charge in [-0.2, -0.15) is 5.10 Å². The third-order valence-electron chi connectivity index (χ3n) is 4.89. The van der Waals surface area contributed by atoms with E-state index in [9.17, 15) is 4.79 Å². The van der Waals surface area contributed by atoms with E-state index in [2.05, 4.69) is 51.6 Å². The number of nitrogens with one attached hydrogen (secondary N) is 2. The van der Waals surface area contributed by atoms with Crippen LogP contribution in [-0.2, 0) is 6.42 Å². The second kappa shape index (κ2) is 5.98. The Morgan fingerprint density at radius 1 is 1.41 bits per heavy atom. The third-order valence-corrected chi connectivity index (χ3v) is 5.30. The fraction of sp³-hybridized carbons (Fsp3) is 0.250. The van der Waals surface area contributed by atoms with Crippen LogP contribution in [0.4, 0.5) is 0 Å². The summed E-state index contributed by atoms with van der Waals surface area (Å²) in [7, 11) is 0. The summed E-state index contributed by atoms with van der Waals surface area (Å²) in [6.45, 7) is 2.60. The van der Waals surface area contributed by atoms with Crippen molar-refractivity contribution in [1.82, 2.24) is 45.1 Å². The van der Waals surface area contributed by atoms with Crippen molar-refractivity contribution in [1.29, 1.82) is 0 Å². The quantitative estimate of drug-likeness (QED) is 0.502. The Morgan fingerprint density at radius 2 is 2.30 bits per heavy atom. The Morgan fingerprint density at radius 3 is 3.11 bits per heavy atom. The lowest BCUT2D eigenvalue weighted by Crippen LogP contribution is -2.38. The van der Waals surface area contributed by atoms with Gasteiger partial charge in [0, 0.05) is 31.2 Å². The van der Waals surface area contributed by atoms with Crippen LogP contribution in [0.1, 0.15) is 34.6 Å². The van der Waals surface area contributed by atoms with Gasteiger partial charge < -0.3 is 9.88 Å². The molecule has 27 heavy (non-hydrogen) atoms. The highest BCUT2D eigenvalue weighted by Crippen LogP contribution is 2.35. The topological polar surface area (TPSA) is 121 Å². The molecule has 1 amide bonds. The maximum atomic E-state index is 13.1. The normalized spacial score (nSPS) is 16.7. The fourth-order valence-electron chi connectivity index (χ4n) is 3.56. The maximum Gasteiger partial charge on any atom is 0.274 e. The molecule has 4 aromatic rings. The first-order chi connectivity index (χ1) is 13.1.